The lowest BCUT2D eigenvalue weighted by Gasteiger charge is -2.37. The van der Waals surface area contributed by atoms with Gasteiger partial charge in [0.25, 0.3) is 0 Å². The van der Waals surface area contributed by atoms with E-state index in [2.05, 4.69) is 5.32 Å². The molecule has 0 radical (unpaired) electrons. The zero-order valence-electron chi connectivity index (χ0n) is 12.0. The topological polar surface area (TPSA) is 55.4 Å². The molecule has 2 fully saturated rings. The van der Waals surface area contributed by atoms with E-state index in [9.17, 15) is 8.42 Å². The quantitative estimate of drug-likeness (QED) is 0.739. The van der Waals surface area contributed by atoms with Crippen LogP contribution in [0.5, 0.6) is 0 Å². The average Bonchev–Trinajstić information content (AvgIpc) is 3.20. The first kappa shape index (κ1) is 15.3. The van der Waals surface area contributed by atoms with Crippen molar-refractivity contribution in [3.05, 3.63) is 0 Å². The predicted octanol–water partition coefficient (Wildman–Crippen LogP) is 1.75. The maximum Gasteiger partial charge on any atom is 0.150 e. The first-order valence-corrected chi connectivity index (χ1v) is 9.39. The molecule has 5 heteroatoms. The molecule has 0 spiro atoms. The van der Waals surface area contributed by atoms with Crippen molar-refractivity contribution < 1.29 is 13.2 Å². The Bertz CT molecular complexity index is 370. The van der Waals surface area contributed by atoms with Gasteiger partial charge in [-0.3, -0.25) is 0 Å². The second-order valence-electron chi connectivity index (χ2n) is 6.21. The van der Waals surface area contributed by atoms with Crippen molar-refractivity contribution in [1.82, 2.24) is 5.32 Å². The summed E-state index contributed by atoms with van der Waals surface area (Å²) in [6, 6.07) is 0.672. The summed E-state index contributed by atoms with van der Waals surface area (Å²) in [7, 11) is -2.88. The van der Waals surface area contributed by atoms with Crippen LogP contribution in [0.15, 0.2) is 0 Å². The highest BCUT2D eigenvalue weighted by atomic mass is 32.2. The minimum absolute atomic E-state index is 0.0433. The van der Waals surface area contributed by atoms with Crippen LogP contribution in [-0.2, 0) is 14.6 Å². The van der Waals surface area contributed by atoms with Gasteiger partial charge in [-0.05, 0) is 38.5 Å². The largest absolute Gasteiger partial charge is 0.381 e. The van der Waals surface area contributed by atoms with E-state index in [0.29, 0.717) is 30.6 Å². The highest BCUT2D eigenvalue weighted by molar-refractivity contribution is 7.91. The lowest BCUT2D eigenvalue weighted by atomic mass is 9.80. The second-order valence-corrected chi connectivity index (χ2v) is 8.52. The molecule has 1 saturated heterocycles. The molecule has 0 bridgehead atoms. The van der Waals surface area contributed by atoms with Crippen molar-refractivity contribution in [3.63, 3.8) is 0 Å². The van der Waals surface area contributed by atoms with Crippen LogP contribution in [0.1, 0.15) is 45.4 Å². The van der Waals surface area contributed by atoms with E-state index < -0.39 is 9.84 Å². The first-order valence-electron chi connectivity index (χ1n) is 7.57. The molecule has 1 saturated carbocycles. The zero-order chi connectivity index (χ0) is 13.8. The molecule has 1 unspecified atom stereocenters. The van der Waals surface area contributed by atoms with Crippen molar-refractivity contribution >= 4 is 9.84 Å². The van der Waals surface area contributed by atoms with Crippen molar-refractivity contribution in [2.24, 2.45) is 5.41 Å². The van der Waals surface area contributed by atoms with Crippen LogP contribution >= 0.6 is 0 Å². The van der Waals surface area contributed by atoms with Gasteiger partial charge in [-0.2, -0.15) is 0 Å². The van der Waals surface area contributed by atoms with Gasteiger partial charge in [0.05, 0.1) is 12.4 Å². The van der Waals surface area contributed by atoms with Crippen LogP contribution < -0.4 is 5.32 Å². The van der Waals surface area contributed by atoms with Gasteiger partial charge in [0.15, 0.2) is 0 Å². The Morgan fingerprint density at radius 3 is 2.68 bits per heavy atom. The van der Waals surface area contributed by atoms with Crippen LogP contribution in [0.3, 0.4) is 0 Å². The van der Waals surface area contributed by atoms with E-state index in [-0.39, 0.29) is 5.41 Å². The molecule has 4 nitrogen and oxygen atoms in total. The summed E-state index contributed by atoms with van der Waals surface area (Å²) < 4.78 is 29.4. The molecule has 0 amide bonds. The summed E-state index contributed by atoms with van der Waals surface area (Å²) in [4.78, 5) is 0. The van der Waals surface area contributed by atoms with Crippen LogP contribution in [0.4, 0.5) is 0 Å². The van der Waals surface area contributed by atoms with Crippen molar-refractivity contribution in [2.75, 3.05) is 31.3 Å². The van der Waals surface area contributed by atoms with Crippen molar-refractivity contribution in [2.45, 2.75) is 51.5 Å². The average molecular weight is 289 g/mol. The fourth-order valence-corrected chi connectivity index (χ4v) is 4.34. The van der Waals surface area contributed by atoms with Crippen LogP contribution in [-0.4, -0.2) is 45.7 Å². The third kappa shape index (κ3) is 5.04. The van der Waals surface area contributed by atoms with Crippen LogP contribution in [0, 0.1) is 5.41 Å². The Hall–Kier alpha value is -0.130. The minimum Gasteiger partial charge on any atom is -0.381 e. The van der Waals surface area contributed by atoms with Gasteiger partial charge in [0, 0.05) is 30.4 Å². The van der Waals surface area contributed by atoms with Gasteiger partial charge in [0.1, 0.15) is 9.84 Å². The summed E-state index contributed by atoms with van der Waals surface area (Å²) in [6.07, 6.45) is 6.14. The Kier molecular flexibility index (Phi) is 5.26. The summed E-state index contributed by atoms with van der Waals surface area (Å²) in [5.41, 5.74) is 0.0433. The lowest BCUT2D eigenvalue weighted by Crippen LogP contribution is -2.43. The third-order valence-corrected chi connectivity index (χ3v) is 6.06. The molecule has 1 aliphatic heterocycles. The molecule has 0 aromatic carbocycles. The number of sulfone groups is 1. The van der Waals surface area contributed by atoms with E-state index in [1.807, 2.05) is 6.92 Å². The molecule has 0 aromatic heterocycles. The Morgan fingerprint density at radius 1 is 1.32 bits per heavy atom. The SMILES string of the molecule is CCCS(=O)(=O)CCC1(CNC2CC2)CCCOC1. The minimum atomic E-state index is -2.88. The number of rotatable bonds is 8. The number of ether oxygens (including phenoxy) is 1. The molecule has 19 heavy (non-hydrogen) atoms. The normalized spacial score (nSPS) is 28.5. The maximum absolute atomic E-state index is 11.9. The van der Waals surface area contributed by atoms with E-state index in [1.54, 1.807) is 0 Å². The smallest absolute Gasteiger partial charge is 0.150 e. The second kappa shape index (κ2) is 6.55. The molecule has 0 aromatic rings. The van der Waals surface area contributed by atoms with E-state index >= 15 is 0 Å². The fourth-order valence-electron chi connectivity index (χ4n) is 2.77. The maximum atomic E-state index is 11.9. The molecule has 112 valence electrons. The molecule has 2 aliphatic rings. The first-order chi connectivity index (χ1) is 9.05. The predicted molar refractivity (Wildman–Crippen MR) is 77.1 cm³/mol. The fraction of sp³-hybridized carbons (Fsp3) is 1.00. The van der Waals surface area contributed by atoms with Crippen LogP contribution in [0.25, 0.3) is 0 Å². The standard InChI is InChI=1S/C14H27NO3S/c1-2-9-19(16,17)10-7-14(6-3-8-18-12-14)11-15-13-4-5-13/h13,15H,2-12H2,1H3. The summed E-state index contributed by atoms with van der Waals surface area (Å²) >= 11 is 0. The number of hydrogen-bond donors (Lipinski definition) is 1. The number of nitrogens with one attached hydrogen (secondary N) is 1. The number of hydrogen-bond acceptors (Lipinski definition) is 4. The van der Waals surface area contributed by atoms with Gasteiger partial charge in [0.2, 0.25) is 0 Å². The third-order valence-electron chi connectivity index (χ3n) is 4.21. The Labute approximate surface area is 117 Å². The van der Waals surface area contributed by atoms with Gasteiger partial charge in [-0.15, -0.1) is 0 Å². The van der Waals surface area contributed by atoms with E-state index in [4.69, 9.17) is 4.74 Å². The van der Waals surface area contributed by atoms with Gasteiger partial charge in [-0.1, -0.05) is 6.92 Å². The summed E-state index contributed by atoms with van der Waals surface area (Å²) in [5, 5.41) is 3.56. The zero-order valence-corrected chi connectivity index (χ0v) is 12.8. The van der Waals surface area contributed by atoms with Gasteiger partial charge < -0.3 is 10.1 Å². The summed E-state index contributed by atoms with van der Waals surface area (Å²) in [6.45, 7) is 4.38. The highest BCUT2D eigenvalue weighted by Crippen LogP contribution is 2.33. The molecule has 1 N–H and O–H groups in total. The summed E-state index contributed by atoms with van der Waals surface area (Å²) in [5.74, 6) is 0.635. The van der Waals surface area contributed by atoms with E-state index in [0.717, 1.165) is 32.4 Å². The lowest BCUT2D eigenvalue weighted by molar-refractivity contribution is -0.00912. The van der Waals surface area contributed by atoms with Gasteiger partial charge in [-0.25, -0.2) is 8.42 Å². The Morgan fingerprint density at radius 2 is 2.11 bits per heavy atom. The Balaban J connectivity index is 1.88. The van der Waals surface area contributed by atoms with Gasteiger partial charge >= 0.3 is 0 Å². The van der Waals surface area contributed by atoms with Crippen molar-refractivity contribution in [1.29, 1.82) is 0 Å². The highest BCUT2D eigenvalue weighted by Gasteiger charge is 2.35. The van der Waals surface area contributed by atoms with Crippen molar-refractivity contribution in [3.8, 4) is 0 Å². The molecule has 1 atom stereocenters. The van der Waals surface area contributed by atoms with E-state index in [1.165, 1.54) is 12.8 Å². The van der Waals surface area contributed by atoms with Crippen LogP contribution in [0.2, 0.25) is 0 Å². The molecule has 2 rings (SSSR count). The molecular formula is C14H27NO3S. The molecule has 1 heterocycles. The molecular weight excluding hydrogens is 262 g/mol. The molecule has 1 aliphatic carbocycles. The monoisotopic (exact) mass is 289 g/mol.